The zero-order valence-corrected chi connectivity index (χ0v) is 11.3. The Morgan fingerprint density at radius 3 is 2.58 bits per heavy atom. The summed E-state index contributed by atoms with van der Waals surface area (Å²) >= 11 is 0. The van der Waals surface area contributed by atoms with Crippen LogP contribution in [-0.4, -0.2) is 42.4 Å². The van der Waals surface area contributed by atoms with E-state index in [9.17, 15) is 18.5 Å². The van der Waals surface area contributed by atoms with Gasteiger partial charge in [0.15, 0.2) is 0 Å². The minimum absolute atomic E-state index is 0.0289. The molecule has 0 saturated heterocycles. The minimum atomic E-state index is -3.81. The van der Waals surface area contributed by atoms with Gasteiger partial charge in [-0.25, -0.2) is 8.42 Å². The van der Waals surface area contributed by atoms with Crippen LogP contribution in [0.1, 0.15) is 13.3 Å². The summed E-state index contributed by atoms with van der Waals surface area (Å²) in [5.41, 5.74) is -0.276. The summed E-state index contributed by atoms with van der Waals surface area (Å²) in [4.78, 5) is 9.88. The van der Waals surface area contributed by atoms with Crippen molar-refractivity contribution >= 4 is 15.7 Å². The summed E-state index contributed by atoms with van der Waals surface area (Å²) in [6, 6.07) is 4.89. The number of aliphatic hydroxyl groups is 1. The van der Waals surface area contributed by atoms with Crippen molar-refractivity contribution < 1.29 is 18.4 Å². The third kappa shape index (κ3) is 3.72. The fourth-order valence-corrected chi connectivity index (χ4v) is 3.18. The van der Waals surface area contributed by atoms with Crippen molar-refractivity contribution in [1.82, 2.24) is 4.31 Å². The van der Waals surface area contributed by atoms with E-state index in [-0.39, 0.29) is 30.3 Å². The highest BCUT2D eigenvalue weighted by Gasteiger charge is 2.24. The number of rotatable bonds is 7. The maximum atomic E-state index is 12.3. The molecule has 0 aromatic heterocycles. The molecule has 0 atom stereocenters. The molecule has 0 bridgehead atoms. The van der Waals surface area contributed by atoms with Gasteiger partial charge >= 0.3 is 0 Å². The van der Waals surface area contributed by atoms with Gasteiger partial charge in [0.25, 0.3) is 5.69 Å². The Balaban J connectivity index is 3.17. The summed E-state index contributed by atoms with van der Waals surface area (Å²) < 4.78 is 25.7. The number of non-ortho nitro benzene ring substituents is 1. The molecule has 1 rings (SSSR count). The van der Waals surface area contributed by atoms with Crippen LogP contribution >= 0.6 is 0 Å². The number of sulfonamides is 1. The van der Waals surface area contributed by atoms with Crippen LogP contribution in [0.5, 0.6) is 0 Å². The van der Waals surface area contributed by atoms with E-state index in [0.29, 0.717) is 6.42 Å². The molecule has 0 spiro atoms. The third-order valence-electron chi connectivity index (χ3n) is 2.49. The fourth-order valence-electron chi connectivity index (χ4n) is 1.62. The molecule has 8 heteroatoms. The van der Waals surface area contributed by atoms with E-state index in [2.05, 4.69) is 0 Å². The Hall–Kier alpha value is -1.51. The van der Waals surface area contributed by atoms with E-state index in [1.54, 1.807) is 0 Å². The molecular weight excluding hydrogens is 272 g/mol. The molecule has 0 aliphatic carbocycles. The van der Waals surface area contributed by atoms with E-state index in [4.69, 9.17) is 5.11 Å². The van der Waals surface area contributed by atoms with Crippen molar-refractivity contribution in [2.24, 2.45) is 0 Å². The van der Waals surface area contributed by atoms with Gasteiger partial charge in [-0.3, -0.25) is 10.1 Å². The van der Waals surface area contributed by atoms with Crippen LogP contribution in [0.25, 0.3) is 0 Å². The van der Waals surface area contributed by atoms with E-state index < -0.39 is 14.9 Å². The molecule has 106 valence electrons. The summed E-state index contributed by atoms with van der Waals surface area (Å²) in [6.07, 6.45) is 0.591. The first-order valence-corrected chi connectivity index (χ1v) is 7.23. The number of nitro benzene ring substituents is 1. The van der Waals surface area contributed by atoms with Gasteiger partial charge in [-0.1, -0.05) is 13.0 Å². The average Bonchev–Trinajstić information content (AvgIpc) is 2.38. The Kier molecular flexibility index (Phi) is 5.40. The second-order valence-corrected chi connectivity index (χ2v) is 5.82. The largest absolute Gasteiger partial charge is 0.395 e. The molecule has 0 heterocycles. The number of nitro groups is 1. The lowest BCUT2D eigenvalue weighted by Crippen LogP contribution is -2.34. The number of aliphatic hydroxyl groups excluding tert-OH is 1. The Bertz CT molecular complexity index is 538. The summed E-state index contributed by atoms with van der Waals surface area (Å²) in [6.45, 7) is 1.74. The second kappa shape index (κ2) is 6.60. The Morgan fingerprint density at radius 2 is 2.05 bits per heavy atom. The Morgan fingerprint density at radius 1 is 1.37 bits per heavy atom. The maximum absolute atomic E-state index is 12.3. The number of nitrogens with zero attached hydrogens (tertiary/aromatic N) is 2. The highest BCUT2D eigenvalue weighted by molar-refractivity contribution is 7.89. The standard InChI is InChI=1S/C11H16N2O5S/c1-2-6-12(7-8-14)19(17,18)11-5-3-4-10(9-11)13(15)16/h3-5,9,14H,2,6-8H2,1H3. The van der Waals surface area contributed by atoms with Gasteiger partial charge in [-0.05, 0) is 12.5 Å². The quantitative estimate of drug-likeness (QED) is 0.595. The molecule has 1 N–H and O–H groups in total. The van der Waals surface area contributed by atoms with Crippen molar-refractivity contribution in [2.45, 2.75) is 18.2 Å². The molecule has 0 aliphatic rings. The number of hydrogen-bond acceptors (Lipinski definition) is 5. The van der Waals surface area contributed by atoms with Crippen molar-refractivity contribution in [1.29, 1.82) is 0 Å². The van der Waals surface area contributed by atoms with Gasteiger partial charge in [0, 0.05) is 25.2 Å². The molecule has 1 aromatic carbocycles. The van der Waals surface area contributed by atoms with E-state index >= 15 is 0 Å². The van der Waals surface area contributed by atoms with Crippen LogP contribution in [0, 0.1) is 10.1 Å². The summed E-state index contributed by atoms with van der Waals surface area (Å²) in [7, 11) is -3.81. The normalized spacial score (nSPS) is 11.7. The summed E-state index contributed by atoms with van der Waals surface area (Å²) in [5.74, 6) is 0. The first kappa shape index (κ1) is 15.5. The zero-order chi connectivity index (χ0) is 14.5. The highest BCUT2D eigenvalue weighted by Crippen LogP contribution is 2.20. The molecule has 0 radical (unpaired) electrons. The van der Waals surface area contributed by atoms with Crippen molar-refractivity contribution in [3.63, 3.8) is 0 Å². The Labute approximate surface area is 111 Å². The zero-order valence-electron chi connectivity index (χ0n) is 10.5. The van der Waals surface area contributed by atoms with E-state index in [1.165, 1.54) is 18.2 Å². The van der Waals surface area contributed by atoms with Crippen LogP contribution in [0.15, 0.2) is 29.2 Å². The van der Waals surface area contributed by atoms with Crippen molar-refractivity contribution in [2.75, 3.05) is 19.7 Å². The van der Waals surface area contributed by atoms with Crippen LogP contribution in [0.3, 0.4) is 0 Å². The van der Waals surface area contributed by atoms with Crippen LogP contribution in [0.4, 0.5) is 5.69 Å². The van der Waals surface area contributed by atoms with E-state index in [1.807, 2.05) is 6.92 Å². The predicted molar refractivity (Wildman–Crippen MR) is 69.2 cm³/mol. The van der Waals surface area contributed by atoms with Crippen LogP contribution in [-0.2, 0) is 10.0 Å². The number of benzene rings is 1. The summed E-state index contributed by atoms with van der Waals surface area (Å²) in [5, 5.41) is 19.6. The smallest absolute Gasteiger partial charge is 0.270 e. The molecule has 0 aliphatic heterocycles. The topological polar surface area (TPSA) is 101 Å². The lowest BCUT2D eigenvalue weighted by molar-refractivity contribution is -0.385. The average molecular weight is 288 g/mol. The van der Waals surface area contributed by atoms with Crippen LogP contribution in [0.2, 0.25) is 0 Å². The van der Waals surface area contributed by atoms with Gasteiger partial charge in [-0.2, -0.15) is 4.31 Å². The van der Waals surface area contributed by atoms with Gasteiger partial charge in [-0.15, -0.1) is 0 Å². The minimum Gasteiger partial charge on any atom is -0.395 e. The van der Waals surface area contributed by atoms with Gasteiger partial charge in [0.2, 0.25) is 10.0 Å². The molecule has 0 saturated carbocycles. The van der Waals surface area contributed by atoms with Crippen LogP contribution < -0.4 is 0 Å². The SMILES string of the molecule is CCCN(CCO)S(=O)(=O)c1cccc([N+](=O)[O-])c1. The van der Waals surface area contributed by atoms with Crippen molar-refractivity contribution in [3.8, 4) is 0 Å². The molecular formula is C11H16N2O5S. The lowest BCUT2D eigenvalue weighted by Gasteiger charge is -2.20. The lowest BCUT2D eigenvalue weighted by atomic mass is 10.3. The molecule has 0 amide bonds. The van der Waals surface area contributed by atoms with E-state index in [0.717, 1.165) is 10.4 Å². The molecule has 0 unspecified atom stereocenters. The number of hydrogen-bond donors (Lipinski definition) is 1. The van der Waals surface area contributed by atoms with Gasteiger partial charge in [0.1, 0.15) is 0 Å². The van der Waals surface area contributed by atoms with Crippen molar-refractivity contribution in [3.05, 3.63) is 34.4 Å². The first-order valence-electron chi connectivity index (χ1n) is 5.79. The molecule has 1 aromatic rings. The molecule has 7 nitrogen and oxygen atoms in total. The van der Waals surface area contributed by atoms with Gasteiger partial charge in [0.05, 0.1) is 16.4 Å². The van der Waals surface area contributed by atoms with Gasteiger partial charge < -0.3 is 5.11 Å². The monoisotopic (exact) mass is 288 g/mol. The predicted octanol–water partition coefficient (Wildman–Crippen LogP) is 0.988. The highest BCUT2D eigenvalue weighted by atomic mass is 32.2. The third-order valence-corrected chi connectivity index (χ3v) is 4.38. The first-order chi connectivity index (χ1) is 8.93. The fraction of sp³-hybridized carbons (Fsp3) is 0.455. The second-order valence-electron chi connectivity index (χ2n) is 3.88. The molecule has 0 fully saturated rings. The maximum Gasteiger partial charge on any atom is 0.270 e. The molecule has 19 heavy (non-hydrogen) atoms.